The monoisotopic (exact) mass is 471 g/mol. The summed E-state index contributed by atoms with van der Waals surface area (Å²) in [5.41, 5.74) is 10.3. The van der Waals surface area contributed by atoms with Gasteiger partial charge in [0.05, 0.1) is 0 Å². The largest absolute Gasteiger partial charge is 0.668 e. The number of benzene rings is 2. The third kappa shape index (κ3) is 6.38. The van der Waals surface area contributed by atoms with E-state index in [0.29, 0.717) is 29.8 Å². The molecule has 0 amide bonds. The summed E-state index contributed by atoms with van der Waals surface area (Å²) in [6, 6.07) is 10.6. The van der Waals surface area contributed by atoms with E-state index < -0.39 is 0 Å². The first kappa shape index (κ1) is 25.3. The van der Waals surface area contributed by atoms with Gasteiger partial charge in [-0.3, -0.25) is 0 Å². The van der Waals surface area contributed by atoms with Crippen molar-refractivity contribution in [1.82, 2.24) is 4.90 Å². The van der Waals surface area contributed by atoms with Crippen molar-refractivity contribution in [3.63, 3.8) is 0 Å². The standard InChI is InChI=1S/C20H22N2O3.C2H6N.Y/c1-12-13(5-4-6-18(12)21)9-16-17(11-22(2)3)15-8-7-14(23)10-19(15)25-20(16)24;1-3-2;/h4-8,10,23H,9,11,21H2,1-3H3;1-2H3;/q;-1;. The Bertz CT molecular complexity index is 1020. The number of hydrogen-bond donors (Lipinski definition) is 2. The van der Waals surface area contributed by atoms with E-state index in [4.69, 9.17) is 10.2 Å². The Morgan fingerprint density at radius 2 is 1.79 bits per heavy atom. The van der Waals surface area contributed by atoms with Crippen LogP contribution in [0.4, 0.5) is 5.69 Å². The molecule has 3 aromatic rings. The van der Waals surface area contributed by atoms with E-state index in [1.165, 1.54) is 6.07 Å². The maximum atomic E-state index is 12.6. The van der Waals surface area contributed by atoms with Crippen molar-refractivity contribution in [2.45, 2.75) is 19.9 Å². The predicted octanol–water partition coefficient (Wildman–Crippen LogP) is 3.66. The van der Waals surface area contributed by atoms with Crippen molar-refractivity contribution in [2.75, 3.05) is 33.9 Å². The van der Waals surface area contributed by atoms with Gasteiger partial charge in [-0.15, -0.1) is 0 Å². The van der Waals surface area contributed by atoms with E-state index in [1.807, 2.05) is 44.1 Å². The molecular weight excluding hydrogens is 443 g/mol. The fourth-order valence-electron chi connectivity index (χ4n) is 3.05. The van der Waals surface area contributed by atoms with Crippen molar-refractivity contribution < 1.29 is 42.2 Å². The molecule has 0 fully saturated rings. The summed E-state index contributed by atoms with van der Waals surface area (Å²) in [4.78, 5) is 14.7. The van der Waals surface area contributed by atoms with Crippen LogP contribution in [-0.4, -0.2) is 38.2 Å². The Balaban J connectivity index is 0.000000990. The molecule has 0 saturated heterocycles. The molecule has 6 nitrogen and oxygen atoms in total. The summed E-state index contributed by atoms with van der Waals surface area (Å²) >= 11 is 0. The van der Waals surface area contributed by atoms with E-state index >= 15 is 0 Å². The summed E-state index contributed by atoms with van der Waals surface area (Å²) in [5.74, 6) is 0.0749. The first-order valence-electron chi connectivity index (χ1n) is 9.02. The number of nitrogen functional groups attached to an aromatic ring is 1. The molecule has 1 heterocycles. The molecule has 2 aromatic carbocycles. The topological polar surface area (TPSA) is 93.8 Å². The number of phenolic OH excluding ortho intramolecular Hbond substituents is 1. The molecule has 0 aliphatic heterocycles. The molecule has 0 aliphatic rings. The third-order valence-corrected chi connectivity index (χ3v) is 4.43. The van der Waals surface area contributed by atoms with Crippen LogP contribution in [0.2, 0.25) is 0 Å². The van der Waals surface area contributed by atoms with Gasteiger partial charge in [0.15, 0.2) is 0 Å². The second-order valence-corrected chi connectivity index (χ2v) is 7.02. The quantitative estimate of drug-likeness (QED) is 0.448. The van der Waals surface area contributed by atoms with Crippen LogP contribution in [0, 0.1) is 6.92 Å². The number of phenols is 1. The van der Waals surface area contributed by atoms with E-state index in [2.05, 4.69) is 5.32 Å². The van der Waals surface area contributed by atoms with Crippen LogP contribution < -0.4 is 11.4 Å². The minimum Gasteiger partial charge on any atom is -0.668 e. The van der Waals surface area contributed by atoms with Crippen LogP contribution in [0.1, 0.15) is 22.3 Å². The maximum absolute atomic E-state index is 12.6. The SMILES string of the molecule is C[N-]C.Cc1c(N)cccc1Cc1c(CN(C)C)c2ccc(O)cc2oc1=O.[Y]. The molecule has 0 unspecified atom stereocenters. The van der Waals surface area contributed by atoms with Gasteiger partial charge in [-0.25, -0.2) is 4.79 Å². The van der Waals surface area contributed by atoms with Gasteiger partial charge in [-0.05, 0) is 55.9 Å². The van der Waals surface area contributed by atoms with Crippen molar-refractivity contribution >= 4 is 16.7 Å². The fraction of sp³-hybridized carbons (Fsp3) is 0.318. The van der Waals surface area contributed by atoms with Crippen LogP contribution in [0.3, 0.4) is 0 Å². The van der Waals surface area contributed by atoms with Crippen LogP contribution >= 0.6 is 0 Å². The van der Waals surface area contributed by atoms with Crippen molar-refractivity contribution in [3.8, 4) is 5.75 Å². The van der Waals surface area contributed by atoms with Crippen molar-refractivity contribution in [3.05, 3.63) is 74.4 Å². The number of rotatable bonds is 4. The van der Waals surface area contributed by atoms with E-state index in [1.54, 1.807) is 26.2 Å². The number of aromatic hydroxyl groups is 1. The minimum absolute atomic E-state index is 0. The molecule has 3 N–H and O–H groups in total. The molecular formula is C22H28N3O3Y-. The number of nitrogens with zero attached hydrogens (tertiary/aromatic N) is 2. The molecule has 7 heteroatoms. The molecule has 0 bridgehead atoms. The van der Waals surface area contributed by atoms with Crippen molar-refractivity contribution in [1.29, 1.82) is 0 Å². The molecule has 3 rings (SSSR count). The second kappa shape index (κ2) is 11.5. The zero-order valence-corrected chi connectivity index (χ0v) is 20.5. The van der Waals surface area contributed by atoms with Gasteiger partial charge in [0.2, 0.25) is 0 Å². The van der Waals surface area contributed by atoms with Gasteiger partial charge in [-0.1, -0.05) is 12.1 Å². The summed E-state index contributed by atoms with van der Waals surface area (Å²) in [5, 5.41) is 14.0. The van der Waals surface area contributed by atoms with Gasteiger partial charge in [0, 0.05) is 68.4 Å². The smallest absolute Gasteiger partial charge is 0.340 e. The summed E-state index contributed by atoms with van der Waals surface area (Å²) in [6.07, 6.45) is 0.458. The van der Waals surface area contributed by atoms with Crippen LogP contribution in [0.15, 0.2) is 45.6 Å². The Hall–Kier alpha value is -1.73. The average Bonchev–Trinajstić information content (AvgIpc) is 2.61. The Kier molecular flexibility index (Phi) is 10.00. The summed E-state index contributed by atoms with van der Waals surface area (Å²) in [6.45, 7) is 2.56. The van der Waals surface area contributed by atoms with Crippen LogP contribution in [0.5, 0.6) is 5.75 Å². The summed E-state index contributed by atoms with van der Waals surface area (Å²) < 4.78 is 5.47. The van der Waals surface area contributed by atoms with Crippen molar-refractivity contribution in [2.24, 2.45) is 0 Å². The van der Waals surface area contributed by atoms with Gasteiger partial charge in [-0.2, -0.15) is 14.1 Å². The molecule has 0 spiro atoms. The number of hydrogen-bond acceptors (Lipinski definition) is 5. The molecule has 29 heavy (non-hydrogen) atoms. The number of fused-ring (bicyclic) bond motifs is 1. The fourth-order valence-corrected chi connectivity index (χ4v) is 3.05. The van der Waals surface area contributed by atoms with E-state index in [0.717, 1.165) is 22.1 Å². The first-order chi connectivity index (χ1) is 13.3. The first-order valence-corrected chi connectivity index (χ1v) is 9.02. The van der Waals surface area contributed by atoms with E-state index in [9.17, 15) is 9.90 Å². The van der Waals surface area contributed by atoms with Gasteiger partial charge < -0.3 is 25.5 Å². The van der Waals surface area contributed by atoms with Gasteiger partial charge in [0.1, 0.15) is 11.3 Å². The third-order valence-electron chi connectivity index (χ3n) is 4.43. The molecule has 0 aliphatic carbocycles. The summed E-state index contributed by atoms with van der Waals surface area (Å²) in [7, 11) is 7.41. The molecule has 1 radical (unpaired) electrons. The predicted molar refractivity (Wildman–Crippen MR) is 115 cm³/mol. The molecule has 1 aromatic heterocycles. The Morgan fingerprint density at radius 3 is 2.41 bits per heavy atom. The average molecular weight is 471 g/mol. The molecule has 0 atom stereocenters. The maximum Gasteiger partial charge on any atom is 0.340 e. The Morgan fingerprint density at radius 1 is 1.14 bits per heavy atom. The van der Waals surface area contributed by atoms with E-state index in [-0.39, 0.29) is 44.1 Å². The normalized spacial score (nSPS) is 10.4. The minimum atomic E-state index is -0.378. The van der Waals surface area contributed by atoms with Gasteiger partial charge in [0.25, 0.3) is 0 Å². The zero-order chi connectivity index (χ0) is 20.8. The zero-order valence-electron chi connectivity index (χ0n) is 17.7. The number of anilines is 1. The van der Waals surface area contributed by atoms with Crippen LogP contribution in [0.25, 0.3) is 16.3 Å². The van der Waals surface area contributed by atoms with Gasteiger partial charge >= 0.3 is 5.63 Å². The number of nitrogens with two attached hydrogens (primary N) is 1. The Labute approximate surface area is 197 Å². The molecule has 153 valence electrons. The molecule has 0 saturated carbocycles. The second-order valence-electron chi connectivity index (χ2n) is 7.02. The van der Waals surface area contributed by atoms with Crippen LogP contribution in [-0.2, 0) is 45.7 Å².